The number of nitrogens with one attached hydrogen (secondary N) is 1. The van der Waals surface area contributed by atoms with Gasteiger partial charge in [-0.1, -0.05) is 13.0 Å². The van der Waals surface area contributed by atoms with E-state index in [1.165, 1.54) is 43.1 Å². The Bertz CT molecular complexity index is 367. The molecule has 0 amide bonds. The summed E-state index contributed by atoms with van der Waals surface area (Å²) in [6, 6.07) is 8.91. The van der Waals surface area contributed by atoms with Crippen LogP contribution in [-0.4, -0.2) is 32.4 Å². The van der Waals surface area contributed by atoms with Gasteiger partial charge < -0.3 is 10.2 Å². The van der Waals surface area contributed by atoms with Crippen molar-refractivity contribution < 1.29 is 0 Å². The minimum atomic E-state index is 0.814. The van der Waals surface area contributed by atoms with Crippen LogP contribution in [0.1, 0.15) is 19.8 Å². The standard InChI is InChI=1S/C15H24N2S/c1-3-8-16-11-13-7-9-17(12-13)14-5-4-6-15(10-14)18-2/h4-6,10,13,16H,3,7-9,11-12H2,1-2H3. The van der Waals surface area contributed by atoms with Crippen molar-refractivity contribution in [3.8, 4) is 0 Å². The Morgan fingerprint density at radius 3 is 3.11 bits per heavy atom. The number of thioether (sulfide) groups is 1. The number of nitrogens with zero attached hydrogens (tertiary/aromatic N) is 1. The SMILES string of the molecule is CCCNCC1CCN(c2cccc(SC)c2)C1. The molecule has 18 heavy (non-hydrogen) atoms. The first-order valence-corrected chi connectivity index (χ1v) is 8.15. The fourth-order valence-corrected chi connectivity index (χ4v) is 2.98. The van der Waals surface area contributed by atoms with Gasteiger partial charge in [-0.2, -0.15) is 0 Å². The molecular weight excluding hydrogens is 240 g/mol. The zero-order valence-electron chi connectivity index (χ0n) is 11.5. The van der Waals surface area contributed by atoms with E-state index in [0.29, 0.717) is 0 Å². The van der Waals surface area contributed by atoms with E-state index in [2.05, 4.69) is 47.7 Å². The zero-order valence-corrected chi connectivity index (χ0v) is 12.3. The van der Waals surface area contributed by atoms with Crippen LogP contribution in [-0.2, 0) is 0 Å². The molecule has 100 valence electrons. The minimum Gasteiger partial charge on any atom is -0.371 e. The molecule has 1 fully saturated rings. The van der Waals surface area contributed by atoms with Gasteiger partial charge >= 0.3 is 0 Å². The highest BCUT2D eigenvalue weighted by molar-refractivity contribution is 7.98. The predicted molar refractivity (Wildman–Crippen MR) is 81.7 cm³/mol. The lowest BCUT2D eigenvalue weighted by Gasteiger charge is -2.19. The molecule has 1 saturated heterocycles. The van der Waals surface area contributed by atoms with E-state index >= 15 is 0 Å². The summed E-state index contributed by atoms with van der Waals surface area (Å²) < 4.78 is 0. The van der Waals surface area contributed by atoms with Crippen LogP contribution in [0.3, 0.4) is 0 Å². The van der Waals surface area contributed by atoms with Crippen LogP contribution in [0.4, 0.5) is 5.69 Å². The second-order valence-corrected chi connectivity index (χ2v) is 5.89. The van der Waals surface area contributed by atoms with Gasteiger partial charge in [0, 0.05) is 23.7 Å². The van der Waals surface area contributed by atoms with Crippen molar-refractivity contribution in [2.45, 2.75) is 24.7 Å². The molecule has 1 aromatic rings. The number of hydrogen-bond donors (Lipinski definition) is 1. The summed E-state index contributed by atoms with van der Waals surface area (Å²) in [5.41, 5.74) is 1.39. The summed E-state index contributed by atoms with van der Waals surface area (Å²) in [6.45, 7) is 6.96. The molecule has 1 aromatic carbocycles. The van der Waals surface area contributed by atoms with E-state index in [-0.39, 0.29) is 0 Å². The molecule has 1 N–H and O–H groups in total. The minimum absolute atomic E-state index is 0.814. The molecule has 0 saturated carbocycles. The summed E-state index contributed by atoms with van der Waals surface area (Å²) in [5.74, 6) is 0.814. The second-order valence-electron chi connectivity index (χ2n) is 5.01. The predicted octanol–water partition coefficient (Wildman–Crippen LogP) is 3.23. The normalized spacial score (nSPS) is 19.4. The van der Waals surface area contributed by atoms with Gasteiger partial charge in [-0.15, -0.1) is 11.8 Å². The average molecular weight is 264 g/mol. The van der Waals surface area contributed by atoms with Gasteiger partial charge in [0.15, 0.2) is 0 Å². The Morgan fingerprint density at radius 2 is 2.33 bits per heavy atom. The van der Waals surface area contributed by atoms with E-state index < -0.39 is 0 Å². The van der Waals surface area contributed by atoms with Crippen molar-refractivity contribution in [3.05, 3.63) is 24.3 Å². The number of rotatable bonds is 6. The second kappa shape index (κ2) is 7.05. The molecule has 1 heterocycles. The first kappa shape index (κ1) is 13.8. The lowest BCUT2D eigenvalue weighted by atomic mass is 10.1. The van der Waals surface area contributed by atoms with Crippen LogP contribution in [0, 0.1) is 5.92 Å². The van der Waals surface area contributed by atoms with Gasteiger partial charge in [0.05, 0.1) is 0 Å². The Morgan fingerprint density at radius 1 is 1.44 bits per heavy atom. The third-order valence-electron chi connectivity index (χ3n) is 3.56. The smallest absolute Gasteiger partial charge is 0.0377 e. The topological polar surface area (TPSA) is 15.3 Å². The average Bonchev–Trinajstić information content (AvgIpc) is 2.88. The lowest BCUT2D eigenvalue weighted by Crippen LogP contribution is -2.26. The maximum absolute atomic E-state index is 3.54. The Hall–Kier alpha value is -0.670. The molecule has 0 spiro atoms. The number of benzene rings is 1. The summed E-state index contributed by atoms with van der Waals surface area (Å²) in [4.78, 5) is 3.89. The van der Waals surface area contributed by atoms with E-state index in [1.807, 2.05) is 11.8 Å². The van der Waals surface area contributed by atoms with Crippen molar-refractivity contribution in [3.63, 3.8) is 0 Å². The van der Waals surface area contributed by atoms with Crippen molar-refractivity contribution >= 4 is 17.4 Å². The highest BCUT2D eigenvalue weighted by Crippen LogP contribution is 2.26. The molecular formula is C15H24N2S. The molecule has 1 aliphatic heterocycles. The fourth-order valence-electron chi connectivity index (χ4n) is 2.52. The molecule has 1 atom stereocenters. The summed E-state index contributed by atoms with van der Waals surface area (Å²) in [7, 11) is 0. The van der Waals surface area contributed by atoms with E-state index in [0.717, 1.165) is 12.5 Å². The van der Waals surface area contributed by atoms with Crippen LogP contribution in [0.25, 0.3) is 0 Å². The monoisotopic (exact) mass is 264 g/mol. The highest BCUT2D eigenvalue weighted by atomic mass is 32.2. The first-order chi connectivity index (χ1) is 8.83. The molecule has 0 bridgehead atoms. The maximum atomic E-state index is 3.54. The van der Waals surface area contributed by atoms with Crippen molar-refractivity contribution in [1.82, 2.24) is 5.32 Å². The molecule has 1 unspecified atom stereocenters. The largest absolute Gasteiger partial charge is 0.371 e. The molecule has 0 aliphatic carbocycles. The van der Waals surface area contributed by atoms with Gasteiger partial charge in [0.25, 0.3) is 0 Å². The summed E-state index contributed by atoms with van der Waals surface area (Å²) >= 11 is 1.82. The van der Waals surface area contributed by atoms with Crippen LogP contribution in [0.2, 0.25) is 0 Å². The van der Waals surface area contributed by atoms with Gasteiger partial charge in [-0.05, 0) is 56.3 Å². The molecule has 3 heteroatoms. The van der Waals surface area contributed by atoms with E-state index in [4.69, 9.17) is 0 Å². The number of anilines is 1. The molecule has 2 nitrogen and oxygen atoms in total. The number of hydrogen-bond acceptors (Lipinski definition) is 3. The van der Waals surface area contributed by atoms with Crippen molar-refractivity contribution in [2.24, 2.45) is 5.92 Å². The summed E-state index contributed by atoms with van der Waals surface area (Å²) in [6.07, 6.45) is 4.69. The Labute approximate surface area is 115 Å². The van der Waals surface area contributed by atoms with Gasteiger partial charge in [-0.3, -0.25) is 0 Å². The van der Waals surface area contributed by atoms with Gasteiger partial charge in [0.1, 0.15) is 0 Å². The van der Waals surface area contributed by atoms with Crippen molar-refractivity contribution in [1.29, 1.82) is 0 Å². The highest BCUT2D eigenvalue weighted by Gasteiger charge is 2.22. The van der Waals surface area contributed by atoms with Gasteiger partial charge in [0.2, 0.25) is 0 Å². The maximum Gasteiger partial charge on any atom is 0.0377 e. The zero-order chi connectivity index (χ0) is 12.8. The Kier molecular flexibility index (Phi) is 5.39. The van der Waals surface area contributed by atoms with Crippen LogP contribution in [0.5, 0.6) is 0 Å². The van der Waals surface area contributed by atoms with Crippen LogP contribution in [0.15, 0.2) is 29.2 Å². The van der Waals surface area contributed by atoms with Crippen LogP contribution < -0.4 is 10.2 Å². The van der Waals surface area contributed by atoms with E-state index in [1.54, 1.807) is 0 Å². The molecule has 0 aromatic heterocycles. The fraction of sp³-hybridized carbons (Fsp3) is 0.600. The Balaban J connectivity index is 1.87. The lowest BCUT2D eigenvalue weighted by molar-refractivity contribution is 0.516. The molecule has 0 radical (unpaired) electrons. The van der Waals surface area contributed by atoms with Gasteiger partial charge in [-0.25, -0.2) is 0 Å². The molecule has 1 aliphatic rings. The van der Waals surface area contributed by atoms with E-state index in [9.17, 15) is 0 Å². The first-order valence-electron chi connectivity index (χ1n) is 6.93. The molecule has 2 rings (SSSR count). The quantitative estimate of drug-likeness (QED) is 0.627. The summed E-state index contributed by atoms with van der Waals surface area (Å²) in [5, 5.41) is 3.54. The van der Waals surface area contributed by atoms with Crippen molar-refractivity contribution in [2.75, 3.05) is 37.3 Å². The van der Waals surface area contributed by atoms with Crippen LogP contribution >= 0.6 is 11.8 Å². The third kappa shape index (κ3) is 3.66. The third-order valence-corrected chi connectivity index (χ3v) is 4.29.